The Kier molecular flexibility index (Phi) is 6.87. The van der Waals surface area contributed by atoms with E-state index in [2.05, 4.69) is 15.6 Å². The van der Waals surface area contributed by atoms with Crippen molar-refractivity contribution >= 4 is 28.7 Å². The van der Waals surface area contributed by atoms with Gasteiger partial charge in [0.2, 0.25) is 0 Å². The van der Waals surface area contributed by atoms with Gasteiger partial charge in [-0.05, 0) is 32.0 Å². The van der Waals surface area contributed by atoms with Crippen molar-refractivity contribution in [1.29, 1.82) is 0 Å². The molecular formula is C23H29N5O4. The number of amides is 3. The number of nitrogens with zero attached hydrogens (tertiary/aromatic N) is 3. The van der Waals surface area contributed by atoms with E-state index in [0.717, 1.165) is 5.52 Å². The minimum Gasteiger partial charge on any atom is -0.497 e. The maximum Gasteiger partial charge on any atom is 0.321 e. The van der Waals surface area contributed by atoms with Gasteiger partial charge in [0, 0.05) is 49.6 Å². The highest BCUT2D eigenvalue weighted by molar-refractivity contribution is 5.97. The molecule has 0 fully saturated rings. The largest absolute Gasteiger partial charge is 0.497 e. The molecule has 0 saturated carbocycles. The van der Waals surface area contributed by atoms with Crippen LogP contribution in [0.3, 0.4) is 0 Å². The number of imidazole rings is 1. The first-order valence-corrected chi connectivity index (χ1v) is 10.2. The molecule has 2 N–H and O–H groups in total. The van der Waals surface area contributed by atoms with Crippen molar-refractivity contribution in [3.05, 3.63) is 47.8 Å². The van der Waals surface area contributed by atoms with Crippen molar-refractivity contribution < 1.29 is 19.1 Å². The van der Waals surface area contributed by atoms with Gasteiger partial charge in [-0.1, -0.05) is 0 Å². The van der Waals surface area contributed by atoms with Crippen LogP contribution in [0.2, 0.25) is 0 Å². The second kappa shape index (κ2) is 9.59. The highest BCUT2D eigenvalue weighted by atomic mass is 16.5. The standard InChI is InChI=1S/C23H29N5O4/c1-14(2)24-22(29)15-7-8-20-19(9-15)26-21(28(20)4)13-27(3)23(30)25-16-10-17(31-5)12-18(11-16)32-6/h7-12,14H,13H2,1-6H3,(H,24,29)(H,25,30). The van der Waals surface area contributed by atoms with Gasteiger partial charge in [0.05, 0.1) is 31.8 Å². The van der Waals surface area contributed by atoms with Gasteiger partial charge in [0.25, 0.3) is 5.91 Å². The van der Waals surface area contributed by atoms with Gasteiger partial charge < -0.3 is 29.6 Å². The van der Waals surface area contributed by atoms with E-state index in [-0.39, 0.29) is 24.5 Å². The van der Waals surface area contributed by atoms with Gasteiger partial charge in [-0.25, -0.2) is 9.78 Å². The lowest BCUT2D eigenvalue weighted by Gasteiger charge is -2.18. The van der Waals surface area contributed by atoms with Crippen LogP contribution in [0.4, 0.5) is 10.5 Å². The van der Waals surface area contributed by atoms with Crippen molar-refractivity contribution in [3.63, 3.8) is 0 Å². The molecule has 170 valence electrons. The molecule has 9 heteroatoms. The second-order valence-electron chi connectivity index (χ2n) is 7.81. The van der Waals surface area contributed by atoms with E-state index >= 15 is 0 Å². The van der Waals surface area contributed by atoms with Crippen molar-refractivity contribution in [3.8, 4) is 11.5 Å². The molecule has 0 aliphatic carbocycles. The normalized spacial score (nSPS) is 10.8. The van der Waals surface area contributed by atoms with Crippen LogP contribution in [-0.2, 0) is 13.6 Å². The molecule has 0 unspecified atom stereocenters. The predicted octanol–water partition coefficient (Wildman–Crippen LogP) is 3.39. The monoisotopic (exact) mass is 439 g/mol. The summed E-state index contributed by atoms with van der Waals surface area (Å²) in [7, 11) is 6.68. The van der Waals surface area contributed by atoms with E-state index in [1.54, 1.807) is 51.6 Å². The summed E-state index contributed by atoms with van der Waals surface area (Å²) in [5.41, 5.74) is 2.69. The van der Waals surface area contributed by atoms with Gasteiger partial charge in [-0.15, -0.1) is 0 Å². The maximum absolute atomic E-state index is 12.7. The van der Waals surface area contributed by atoms with E-state index in [4.69, 9.17) is 9.47 Å². The SMILES string of the molecule is COc1cc(NC(=O)N(C)Cc2nc3cc(C(=O)NC(C)C)ccc3n2C)cc(OC)c1. The number of anilines is 1. The third-order valence-electron chi connectivity index (χ3n) is 4.98. The van der Waals surface area contributed by atoms with Crippen molar-refractivity contribution in [2.45, 2.75) is 26.4 Å². The number of benzene rings is 2. The number of hydrogen-bond donors (Lipinski definition) is 2. The molecule has 32 heavy (non-hydrogen) atoms. The summed E-state index contributed by atoms with van der Waals surface area (Å²) in [6.45, 7) is 4.11. The van der Waals surface area contributed by atoms with E-state index in [1.165, 1.54) is 4.90 Å². The first-order valence-electron chi connectivity index (χ1n) is 10.2. The summed E-state index contributed by atoms with van der Waals surface area (Å²) in [5, 5.41) is 5.72. The number of aryl methyl sites for hydroxylation is 1. The Bertz CT molecular complexity index is 1120. The van der Waals surface area contributed by atoms with Crippen molar-refractivity contribution in [2.75, 3.05) is 26.6 Å². The Labute approximate surface area is 187 Å². The summed E-state index contributed by atoms with van der Waals surface area (Å²) < 4.78 is 12.4. The molecular weight excluding hydrogens is 410 g/mol. The average Bonchev–Trinajstić information content (AvgIpc) is 3.07. The molecule has 0 aliphatic rings. The fourth-order valence-electron chi connectivity index (χ4n) is 3.26. The number of carbonyl (C=O) groups excluding carboxylic acids is 2. The molecule has 2 aromatic carbocycles. The Morgan fingerprint density at radius 3 is 2.34 bits per heavy atom. The van der Waals surface area contributed by atoms with Crippen LogP contribution in [0.15, 0.2) is 36.4 Å². The zero-order chi connectivity index (χ0) is 23.4. The number of nitrogens with one attached hydrogen (secondary N) is 2. The van der Waals surface area contributed by atoms with Crippen LogP contribution in [0.1, 0.15) is 30.0 Å². The van der Waals surface area contributed by atoms with Crippen LogP contribution in [0, 0.1) is 0 Å². The Morgan fingerprint density at radius 1 is 1.09 bits per heavy atom. The molecule has 9 nitrogen and oxygen atoms in total. The number of hydrogen-bond acceptors (Lipinski definition) is 5. The fraction of sp³-hybridized carbons (Fsp3) is 0.348. The summed E-state index contributed by atoms with van der Waals surface area (Å²) in [6, 6.07) is 10.3. The first-order chi connectivity index (χ1) is 15.2. The number of carbonyl (C=O) groups is 2. The Balaban J connectivity index is 1.76. The molecule has 0 aliphatic heterocycles. The minimum atomic E-state index is -0.302. The molecule has 0 spiro atoms. The van der Waals surface area contributed by atoms with Crippen LogP contribution >= 0.6 is 0 Å². The molecule has 0 atom stereocenters. The van der Waals surface area contributed by atoms with E-state index < -0.39 is 0 Å². The highest BCUT2D eigenvalue weighted by Gasteiger charge is 2.16. The third-order valence-corrected chi connectivity index (χ3v) is 4.98. The van der Waals surface area contributed by atoms with Crippen molar-refractivity contribution in [1.82, 2.24) is 19.8 Å². The second-order valence-corrected chi connectivity index (χ2v) is 7.81. The molecule has 0 bridgehead atoms. The fourth-order valence-corrected chi connectivity index (χ4v) is 3.26. The number of methoxy groups -OCH3 is 2. The minimum absolute atomic E-state index is 0.0502. The molecule has 1 aromatic heterocycles. The van der Waals surface area contributed by atoms with Crippen LogP contribution < -0.4 is 20.1 Å². The van der Waals surface area contributed by atoms with E-state index in [0.29, 0.717) is 34.1 Å². The van der Waals surface area contributed by atoms with Gasteiger partial charge in [-0.2, -0.15) is 0 Å². The predicted molar refractivity (Wildman–Crippen MR) is 123 cm³/mol. The zero-order valence-electron chi connectivity index (χ0n) is 19.2. The van der Waals surface area contributed by atoms with Gasteiger partial charge >= 0.3 is 6.03 Å². The number of ether oxygens (including phenoxy) is 2. The topological polar surface area (TPSA) is 97.7 Å². The van der Waals surface area contributed by atoms with Gasteiger partial charge in [-0.3, -0.25) is 4.79 Å². The van der Waals surface area contributed by atoms with Crippen LogP contribution in [0.25, 0.3) is 11.0 Å². The summed E-state index contributed by atoms with van der Waals surface area (Å²) in [5.74, 6) is 1.71. The molecule has 1 heterocycles. The lowest BCUT2D eigenvalue weighted by Crippen LogP contribution is -2.31. The number of urea groups is 1. The quantitative estimate of drug-likeness (QED) is 0.588. The van der Waals surface area contributed by atoms with Crippen molar-refractivity contribution in [2.24, 2.45) is 7.05 Å². The van der Waals surface area contributed by atoms with Crippen LogP contribution in [-0.4, -0.2) is 53.7 Å². The smallest absolute Gasteiger partial charge is 0.321 e. The van der Waals surface area contributed by atoms with E-state index in [9.17, 15) is 9.59 Å². The molecule has 0 radical (unpaired) electrons. The molecule has 0 saturated heterocycles. The lowest BCUT2D eigenvalue weighted by atomic mass is 10.2. The molecule has 3 amide bonds. The summed E-state index contributed by atoms with van der Waals surface area (Å²) in [6.07, 6.45) is 0. The van der Waals surface area contributed by atoms with E-state index in [1.807, 2.05) is 31.5 Å². The number of rotatable bonds is 7. The maximum atomic E-state index is 12.7. The van der Waals surface area contributed by atoms with Crippen LogP contribution in [0.5, 0.6) is 11.5 Å². The number of fused-ring (bicyclic) bond motifs is 1. The Morgan fingerprint density at radius 2 is 1.75 bits per heavy atom. The van der Waals surface area contributed by atoms with Gasteiger partial charge in [0.15, 0.2) is 0 Å². The summed E-state index contributed by atoms with van der Waals surface area (Å²) >= 11 is 0. The third kappa shape index (κ3) is 5.11. The zero-order valence-corrected chi connectivity index (χ0v) is 19.2. The Hall–Kier alpha value is -3.75. The highest BCUT2D eigenvalue weighted by Crippen LogP contribution is 2.26. The summed E-state index contributed by atoms with van der Waals surface area (Å²) in [4.78, 5) is 31.2. The molecule has 3 aromatic rings. The first kappa shape index (κ1) is 22.9. The average molecular weight is 440 g/mol. The lowest BCUT2D eigenvalue weighted by molar-refractivity contribution is 0.0943. The molecule has 3 rings (SSSR count). The number of aromatic nitrogens is 2. The van der Waals surface area contributed by atoms with Gasteiger partial charge in [0.1, 0.15) is 17.3 Å².